The van der Waals surface area contributed by atoms with Crippen molar-refractivity contribution in [3.8, 4) is 5.75 Å². The van der Waals surface area contributed by atoms with Gasteiger partial charge >= 0.3 is 0 Å². The van der Waals surface area contributed by atoms with Crippen molar-refractivity contribution < 1.29 is 9.13 Å². The minimum atomic E-state index is -0.232. The molecular formula is C16H16ClFO. The van der Waals surface area contributed by atoms with Crippen LogP contribution in [-0.4, -0.2) is 6.61 Å². The van der Waals surface area contributed by atoms with Crippen LogP contribution in [0.3, 0.4) is 0 Å². The fraction of sp³-hybridized carbons (Fsp3) is 0.250. The highest BCUT2D eigenvalue weighted by Crippen LogP contribution is 2.32. The van der Waals surface area contributed by atoms with Crippen molar-refractivity contribution in [2.45, 2.75) is 18.7 Å². The van der Waals surface area contributed by atoms with Gasteiger partial charge in [0.05, 0.1) is 12.0 Å². The smallest absolute Gasteiger partial charge is 0.123 e. The quantitative estimate of drug-likeness (QED) is 0.717. The topological polar surface area (TPSA) is 9.23 Å². The van der Waals surface area contributed by atoms with Crippen LogP contribution in [0.1, 0.15) is 23.4 Å². The average molecular weight is 279 g/mol. The molecule has 0 fully saturated rings. The summed E-state index contributed by atoms with van der Waals surface area (Å²) in [5, 5.41) is -0.187. The van der Waals surface area contributed by atoms with E-state index in [1.165, 1.54) is 12.1 Å². The first-order chi connectivity index (χ1) is 9.20. The maximum absolute atomic E-state index is 12.9. The molecule has 2 aromatic carbocycles. The summed E-state index contributed by atoms with van der Waals surface area (Å²) in [6.45, 7) is 2.55. The van der Waals surface area contributed by atoms with Crippen molar-refractivity contribution in [2.75, 3.05) is 6.61 Å². The van der Waals surface area contributed by atoms with E-state index in [2.05, 4.69) is 0 Å². The molecule has 19 heavy (non-hydrogen) atoms. The first-order valence-electron chi connectivity index (χ1n) is 6.31. The highest BCUT2D eigenvalue weighted by atomic mass is 35.5. The third-order valence-corrected chi connectivity index (χ3v) is 3.27. The van der Waals surface area contributed by atoms with Gasteiger partial charge in [-0.25, -0.2) is 4.39 Å². The lowest BCUT2D eigenvalue weighted by atomic mass is 10.0. The Morgan fingerprint density at radius 1 is 1.11 bits per heavy atom. The van der Waals surface area contributed by atoms with Crippen molar-refractivity contribution in [3.63, 3.8) is 0 Å². The molecule has 0 saturated carbocycles. The Hall–Kier alpha value is -1.54. The van der Waals surface area contributed by atoms with Gasteiger partial charge in [0.15, 0.2) is 0 Å². The molecule has 0 aliphatic heterocycles. The number of alkyl halides is 1. The molecule has 0 amide bonds. The molecule has 1 atom stereocenters. The van der Waals surface area contributed by atoms with Gasteiger partial charge in [0.2, 0.25) is 0 Å². The van der Waals surface area contributed by atoms with Gasteiger partial charge in [0, 0.05) is 5.56 Å². The summed E-state index contributed by atoms with van der Waals surface area (Å²) in [7, 11) is 0. The van der Waals surface area contributed by atoms with Crippen molar-refractivity contribution in [2.24, 2.45) is 0 Å². The van der Waals surface area contributed by atoms with Crippen LogP contribution in [-0.2, 0) is 6.42 Å². The Balaban J connectivity index is 2.15. The average Bonchev–Trinajstić information content (AvgIpc) is 2.42. The van der Waals surface area contributed by atoms with E-state index in [1.54, 1.807) is 12.1 Å². The van der Waals surface area contributed by atoms with Gasteiger partial charge < -0.3 is 4.74 Å². The van der Waals surface area contributed by atoms with Gasteiger partial charge in [-0.05, 0) is 37.1 Å². The van der Waals surface area contributed by atoms with Gasteiger partial charge in [0.1, 0.15) is 11.6 Å². The van der Waals surface area contributed by atoms with E-state index in [-0.39, 0.29) is 11.2 Å². The van der Waals surface area contributed by atoms with Crippen LogP contribution in [0.2, 0.25) is 0 Å². The lowest BCUT2D eigenvalue weighted by Gasteiger charge is -2.15. The number of para-hydroxylation sites is 1. The Morgan fingerprint density at radius 2 is 1.79 bits per heavy atom. The van der Waals surface area contributed by atoms with Crippen LogP contribution in [0.5, 0.6) is 5.75 Å². The summed E-state index contributed by atoms with van der Waals surface area (Å²) in [4.78, 5) is 0. The standard InChI is InChI=1S/C16H16ClFO/c1-2-19-16-6-4-3-5-14(16)15(17)11-12-7-9-13(18)10-8-12/h3-10,15H,2,11H2,1H3. The van der Waals surface area contributed by atoms with Gasteiger partial charge in [-0.3, -0.25) is 0 Å². The molecule has 1 nitrogen and oxygen atoms in total. The Morgan fingerprint density at radius 3 is 2.47 bits per heavy atom. The number of benzene rings is 2. The molecular weight excluding hydrogens is 263 g/mol. The maximum atomic E-state index is 12.9. The van der Waals surface area contributed by atoms with Crippen LogP contribution in [0.25, 0.3) is 0 Å². The minimum Gasteiger partial charge on any atom is -0.494 e. The summed E-state index contributed by atoms with van der Waals surface area (Å²) in [6.07, 6.45) is 0.645. The Kier molecular flexibility index (Phi) is 4.80. The lowest BCUT2D eigenvalue weighted by molar-refractivity contribution is 0.336. The van der Waals surface area contributed by atoms with Crippen molar-refractivity contribution in [1.82, 2.24) is 0 Å². The monoisotopic (exact) mass is 278 g/mol. The van der Waals surface area contributed by atoms with E-state index in [0.29, 0.717) is 13.0 Å². The van der Waals surface area contributed by atoms with Crippen molar-refractivity contribution >= 4 is 11.6 Å². The van der Waals surface area contributed by atoms with Gasteiger partial charge in [-0.1, -0.05) is 30.3 Å². The van der Waals surface area contributed by atoms with E-state index in [4.69, 9.17) is 16.3 Å². The predicted octanol–water partition coefficient (Wildman–Crippen LogP) is 4.75. The highest BCUT2D eigenvalue weighted by molar-refractivity contribution is 6.21. The fourth-order valence-corrected chi connectivity index (χ4v) is 2.32. The number of rotatable bonds is 5. The predicted molar refractivity (Wildman–Crippen MR) is 76.3 cm³/mol. The van der Waals surface area contributed by atoms with E-state index in [1.807, 2.05) is 31.2 Å². The van der Waals surface area contributed by atoms with Crippen molar-refractivity contribution in [3.05, 3.63) is 65.5 Å². The first-order valence-corrected chi connectivity index (χ1v) is 6.74. The minimum absolute atomic E-state index is 0.187. The van der Waals surface area contributed by atoms with Crippen LogP contribution in [0.15, 0.2) is 48.5 Å². The second-order valence-corrected chi connectivity index (χ2v) is 4.80. The van der Waals surface area contributed by atoms with Gasteiger partial charge in [-0.15, -0.1) is 11.6 Å². The largest absolute Gasteiger partial charge is 0.494 e. The van der Waals surface area contributed by atoms with Crippen molar-refractivity contribution in [1.29, 1.82) is 0 Å². The fourth-order valence-electron chi connectivity index (χ4n) is 1.96. The number of hydrogen-bond acceptors (Lipinski definition) is 1. The molecule has 0 spiro atoms. The summed E-state index contributed by atoms with van der Waals surface area (Å²) >= 11 is 6.45. The Labute approximate surface area is 118 Å². The zero-order chi connectivity index (χ0) is 13.7. The summed E-state index contributed by atoms with van der Waals surface area (Å²) in [5.74, 6) is 0.580. The number of ether oxygens (including phenoxy) is 1. The molecule has 2 aromatic rings. The van der Waals surface area contributed by atoms with Crippen LogP contribution in [0, 0.1) is 5.82 Å². The second kappa shape index (κ2) is 6.58. The SMILES string of the molecule is CCOc1ccccc1C(Cl)Cc1ccc(F)cc1. The van der Waals surface area contributed by atoms with E-state index in [0.717, 1.165) is 16.9 Å². The molecule has 0 aliphatic rings. The Bertz CT molecular complexity index is 525. The third kappa shape index (κ3) is 3.71. The zero-order valence-electron chi connectivity index (χ0n) is 10.8. The van der Waals surface area contributed by atoms with Crippen LogP contribution < -0.4 is 4.74 Å². The van der Waals surface area contributed by atoms with Crippen LogP contribution in [0.4, 0.5) is 4.39 Å². The molecule has 0 aromatic heterocycles. The molecule has 2 rings (SSSR count). The second-order valence-electron chi connectivity index (χ2n) is 4.27. The number of hydrogen-bond donors (Lipinski definition) is 0. The molecule has 0 heterocycles. The van der Waals surface area contributed by atoms with E-state index in [9.17, 15) is 4.39 Å². The normalized spacial score (nSPS) is 12.2. The summed E-state index contributed by atoms with van der Waals surface area (Å²) in [6, 6.07) is 14.2. The van der Waals surface area contributed by atoms with Gasteiger partial charge in [0.25, 0.3) is 0 Å². The van der Waals surface area contributed by atoms with Crippen LogP contribution >= 0.6 is 11.6 Å². The highest BCUT2D eigenvalue weighted by Gasteiger charge is 2.13. The molecule has 1 unspecified atom stereocenters. The molecule has 0 bridgehead atoms. The molecule has 0 saturated heterocycles. The first kappa shape index (κ1) is 13.9. The maximum Gasteiger partial charge on any atom is 0.123 e. The molecule has 100 valence electrons. The summed E-state index contributed by atoms with van der Waals surface area (Å²) < 4.78 is 18.4. The summed E-state index contributed by atoms with van der Waals surface area (Å²) in [5.41, 5.74) is 1.98. The number of halogens is 2. The third-order valence-electron chi connectivity index (χ3n) is 2.88. The zero-order valence-corrected chi connectivity index (χ0v) is 11.5. The lowest BCUT2D eigenvalue weighted by Crippen LogP contribution is -2.01. The van der Waals surface area contributed by atoms with E-state index < -0.39 is 0 Å². The molecule has 0 aliphatic carbocycles. The van der Waals surface area contributed by atoms with Gasteiger partial charge in [-0.2, -0.15) is 0 Å². The molecule has 3 heteroatoms. The molecule has 0 N–H and O–H groups in total. The van der Waals surface area contributed by atoms with E-state index >= 15 is 0 Å². The molecule has 0 radical (unpaired) electrons.